The lowest BCUT2D eigenvalue weighted by Gasteiger charge is -2.35. The largest absolute Gasteiger partial charge is 0.462 e. The van der Waals surface area contributed by atoms with Gasteiger partial charge in [-0.2, -0.15) is 5.26 Å². The van der Waals surface area contributed by atoms with Crippen molar-refractivity contribution in [2.75, 3.05) is 6.61 Å². The Bertz CT molecular complexity index is 456. The van der Waals surface area contributed by atoms with Crippen LogP contribution in [0.2, 0.25) is 0 Å². The predicted molar refractivity (Wildman–Crippen MR) is 68.5 cm³/mol. The second kappa shape index (κ2) is 4.12. The number of ether oxygens (including phenoxy) is 1. The number of carbonyl (C=O) groups excluding carboxylic acids is 1. The standard InChI is InChI=1S/C15H21NO2/c1-5-18-13(17)11(9-16)12-8-10-6-7-15(12,4)14(10,2)3/h10H,5-8H2,1-4H3. The molecule has 2 unspecified atom stereocenters. The average molecular weight is 247 g/mol. The number of hydrogen-bond acceptors (Lipinski definition) is 3. The Kier molecular flexibility index (Phi) is 3.01. The molecule has 2 bridgehead atoms. The third-order valence-electron chi connectivity index (χ3n) is 5.45. The number of hydrogen-bond donors (Lipinski definition) is 0. The maximum Gasteiger partial charge on any atom is 0.348 e. The maximum atomic E-state index is 11.9. The molecule has 2 atom stereocenters. The number of carbonyl (C=O) groups is 1. The molecule has 3 heteroatoms. The summed E-state index contributed by atoms with van der Waals surface area (Å²) in [6.45, 7) is 8.81. The molecule has 2 aliphatic rings. The molecule has 0 aliphatic heterocycles. The molecule has 0 heterocycles. The molecule has 2 fully saturated rings. The molecule has 0 N–H and O–H groups in total. The van der Waals surface area contributed by atoms with Crippen LogP contribution in [0.25, 0.3) is 0 Å². The summed E-state index contributed by atoms with van der Waals surface area (Å²) in [5.41, 5.74) is 1.45. The second-order valence-electron chi connectivity index (χ2n) is 6.18. The van der Waals surface area contributed by atoms with E-state index < -0.39 is 5.97 Å². The number of esters is 1. The molecule has 0 saturated heterocycles. The minimum atomic E-state index is -0.445. The Balaban J connectivity index is 2.46. The van der Waals surface area contributed by atoms with E-state index in [-0.39, 0.29) is 16.4 Å². The minimum Gasteiger partial charge on any atom is -0.462 e. The Hall–Kier alpha value is -1.30. The highest BCUT2D eigenvalue weighted by atomic mass is 16.5. The molecule has 18 heavy (non-hydrogen) atoms. The maximum absolute atomic E-state index is 11.9. The van der Waals surface area contributed by atoms with E-state index >= 15 is 0 Å². The van der Waals surface area contributed by atoms with Crippen molar-refractivity contribution >= 4 is 5.97 Å². The Labute approximate surface area is 109 Å². The van der Waals surface area contributed by atoms with Crippen LogP contribution in [-0.4, -0.2) is 12.6 Å². The summed E-state index contributed by atoms with van der Waals surface area (Å²) in [7, 11) is 0. The van der Waals surface area contributed by atoms with Crippen molar-refractivity contribution in [1.82, 2.24) is 0 Å². The lowest BCUT2D eigenvalue weighted by Crippen LogP contribution is -2.29. The average Bonchev–Trinajstić information content (AvgIpc) is 2.63. The highest BCUT2D eigenvalue weighted by Crippen LogP contribution is 2.68. The highest BCUT2D eigenvalue weighted by molar-refractivity contribution is 5.94. The van der Waals surface area contributed by atoms with E-state index in [2.05, 4.69) is 26.8 Å². The van der Waals surface area contributed by atoms with Crippen molar-refractivity contribution in [1.29, 1.82) is 5.26 Å². The van der Waals surface area contributed by atoms with E-state index in [9.17, 15) is 10.1 Å². The van der Waals surface area contributed by atoms with E-state index in [1.165, 1.54) is 6.42 Å². The first-order valence-corrected chi connectivity index (χ1v) is 6.69. The summed E-state index contributed by atoms with van der Waals surface area (Å²) >= 11 is 0. The summed E-state index contributed by atoms with van der Waals surface area (Å²) in [4.78, 5) is 11.9. The second-order valence-corrected chi connectivity index (χ2v) is 6.18. The van der Waals surface area contributed by atoms with Crippen molar-refractivity contribution in [3.63, 3.8) is 0 Å². The number of fused-ring (bicyclic) bond motifs is 2. The Morgan fingerprint density at radius 3 is 2.56 bits per heavy atom. The fourth-order valence-electron chi connectivity index (χ4n) is 3.78. The third-order valence-corrected chi connectivity index (χ3v) is 5.45. The van der Waals surface area contributed by atoms with Gasteiger partial charge in [0.05, 0.1) is 6.61 Å². The molecule has 0 radical (unpaired) electrons. The molecular weight excluding hydrogens is 226 g/mol. The zero-order valence-electron chi connectivity index (χ0n) is 11.7. The van der Waals surface area contributed by atoms with E-state index in [0.717, 1.165) is 18.4 Å². The molecule has 2 rings (SSSR count). The van der Waals surface area contributed by atoms with Crippen molar-refractivity contribution in [3.05, 3.63) is 11.1 Å². The van der Waals surface area contributed by atoms with Gasteiger partial charge in [0.2, 0.25) is 0 Å². The van der Waals surface area contributed by atoms with Gasteiger partial charge in [-0.05, 0) is 48.5 Å². The quantitative estimate of drug-likeness (QED) is 0.427. The lowest BCUT2D eigenvalue weighted by atomic mass is 9.68. The van der Waals surface area contributed by atoms with Crippen LogP contribution in [0, 0.1) is 28.1 Å². The van der Waals surface area contributed by atoms with Crippen LogP contribution in [0.3, 0.4) is 0 Å². The monoisotopic (exact) mass is 247 g/mol. The zero-order chi connectivity index (χ0) is 13.6. The van der Waals surface area contributed by atoms with Gasteiger partial charge in [0.1, 0.15) is 11.6 Å². The van der Waals surface area contributed by atoms with Gasteiger partial charge in [-0.15, -0.1) is 0 Å². The third kappa shape index (κ3) is 1.51. The first kappa shape index (κ1) is 13.1. The van der Waals surface area contributed by atoms with Gasteiger partial charge < -0.3 is 4.74 Å². The van der Waals surface area contributed by atoms with Crippen LogP contribution >= 0.6 is 0 Å². The van der Waals surface area contributed by atoms with Gasteiger partial charge in [0, 0.05) is 0 Å². The Morgan fingerprint density at radius 2 is 2.17 bits per heavy atom. The van der Waals surface area contributed by atoms with Gasteiger partial charge in [-0.25, -0.2) is 4.79 Å². The summed E-state index contributed by atoms with van der Waals surface area (Å²) in [5, 5.41) is 9.29. The molecule has 0 aromatic rings. The first-order chi connectivity index (χ1) is 8.38. The fraction of sp³-hybridized carbons (Fsp3) is 0.733. The smallest absolute Gasteiger partial charge is 0.348 e. The fourth-order valence-corrected chi connectivity index (χ4v) is 3.78. The number of nitrogens with zero attached hydrogens (tertiary/aromatic N) is 1. The first-order valence-electron chi connectivity index (χ1n) is 6.69. The van der Waals surface area contributed by atoms with Crippen LogP contribution in [0.4, 0.5) is 0 Å². The van der Waals surface area contributed by atoms with Gasteiger partial charge in [0.25, 0.3) is 0 Å². The zero-order valence-corrected chi connectivity index (χ0v) is 11.7. The SMILES string of the molecule is CCOC(=O)C(C#N)=C1CC2CCC1(C)C2(C)C. The van der Waals surface area contributed by atoms with Crippen LogP contribution in [0.5, 0.6) is 0 Å². The topological polar surface area (TPSA) is 50.1 Å². The Morgan fingerprint density at radius 1 is 1.50 bits per heavy atom. The van der Waals surface area contributed by atoms with Gasteiger partial charge in [-0.3, -0.25) is 0 Å². The molecule has 2 saturated carbocycles. The normalized spacial score (nSPS) is 35.2. The minimum absolute atomic E-state index is 0.0184. The number of allylic oxidation sites excluding steroid dienone is 1. The van der Waals surface area contributed by atoms with Gasteiger partial charge in [-0.1, -0.05) is 20.8 Å². The number of rotatable bonds is 2. The van der Waals surface area contributed by atoms with Crippen LogP contribution < -0.4 is 0 Å². The number of nitriles is 1. The molecule has 2 aliphatic carbocycles. The van der Waals surface area contributed by atoms with Crippen LogP contribution in [0.15, 0.2) is 11.1 Å². The van der Waals surface area contributed by atoms with Crippen LogP contribution in [0.1, 0.15) is 47.0 Å². The van der Waals surface area contributed by atoms with Crippen molar-refractivity contribution in [2.24, 2.45) is 16.7 Å². The van der Waals surface area contributed by atoms with E-state index in [1.54, 1.807) is 6.92 Å². The van der Waals surface area contributed by atoms with Crippen molar-refractivity contribution < 1.29 is 9.53 Å². The molecule has 0 amide bonds. The summed E-state index contributed by atoms with van der Waals surface area (Å²) in [6, 6.07) is 2.08. The highest BCUT2D eigenvalue weighted by Gasteiger charge is 2.60. The van der Waals surface area contributed by atoms with Gasteiger partial charge >= 0.3 is 5.97 Å². The molecular formula is C15H21NO2. The van der Waals surface area contributed by atoms with Crippen molar-refractivity contribution in [3.8, 4) is 6.07 Å². The lowest BCUT2D eigenvalue weighted by molar-refractivity contribution is -0.138. The molecule has 3 nitrogen and oxygen atoms in total. The predicted octanol–water partition coefficient (Wildman–Crippen LogP) is 3.22. The molecule has 0 aromatic heterocycles. The van der Waals surface area contributed by atoms with Crippen LogP contribution in [-0.2, 0) is 9.53 Å². The summed E-state index contributed by atoms with van der Waals surface area (Å²) in [6.07, 6.45) is 3.16. The van der Waals surface area contributed by atoms with E-state index in [0.29, 0.717) is 12.5 Å². The molecule has 98 valence electrons. The van der Waals surface area contributed by atoms with Gasteiger partial charge in [0.15, 0.2) is 0 Å². The summed E-state index contributed by atoms with van der Waals surface area (Å²) < 4.78 is 5.01. The summed E-state index contributed by atoms with van der Waals surface area (Å²) in [5.74, 6) is 0.148. The van der Waals surface area contributed by atoms with E-state index in [4.69, 9.17) is 4.74 Å². The molecule has 0 spiro atoms. The van der Waals surface area contributed by atoms with Crippen molar-refractivity contribution in [2.45, 2.75) is 47.0 Å². The van der Waals surface area contributed by atoms with E-state index in [1.807, 2.05) is 0 Å². The molecule has 0 aromatic carbocycles.